The van der Waals surface area contributed by atoms with Crippen molar-refractivity contribution in [2.75, 3.05) is 13.1 Å². The van der Waals surface area contributed by atoms with E-state index >= 15 is 0 Å². The quantitative estimate of drug-likeness (QED) is 0.592. The fourth-order valence-electron chi connectivity index (χ4n) is 1.30. The highest BCUT2D eigenvalue weighted by atomic mass is 16.4. The van der Waals surface area contributed by atoms with Gasteiger partial charge in [0.1, 0.15) is 0 Å². The summed E-state index contributed by atoms with van der Waals surface area (Å²) in [7, 11) is 0. The molecular formula is C8H10N2O2. The zero-order chi connectivity index (χ0) is 8.97. The molecule has 1 rings (SSSR count). The summed E-state index contributed by atoms with van der Waals surface area (Å²) in [6.07, 6.45) is 3.13. The Balaban J connectivity index is 2.41. The van der Waals surface area contributed by atoms with Crippen molar-refractivity contribution >= 4 is 6.09 Å². The van der Waals surface area contributed by atoms with Crippen molar-refractivity contribution < 1.29 is 9.90 Å². The van der Waals surface area contributed by atoms with Gasteiger partial charge in [-0.3, -0.25) is 0 Å². The van der Waals surface area contributed by atoms with Crippen LogP contribution in [0.25, 0.3) is 0 Å². The van der Waals surface area contributed by atoms with Crippen LogP contribution in [0.3, 0.4) is 0 Å². The number of hydrogen-bond acceptors (Lipinski definition) is 2. The molecule has 0 aromatic rings. The van der Waals surface area contributed by atoms with Crippen molar-refractivity contribution in [3.63, 3.8) is 0 Å². The lowest BCUT2D eigenvalue weighted by molar-refractivity contribution is 0.155. The molecule has 0 saturated carbocycles. The molecule has 0 radical (unpaired) electrons. The van der Waals surface area contributed by atoms with Crippen LogP contribution in [0.15, 0.2) is 12.2 Å². The number of carbonyl (C=O) groups is 1. The Kier molecular flexibility index (Phi) is 2.70. The SMILES string of the molecule is N#CC=CC1CCN(C(=O)O)C1. The van der Waals surface area contributed by atoms with E-state index in [0.29, 0.717) is 13.1 Å². The second-order valence-corrected chi connectivity index (χ2v) is 2.77. The first-order valence-electron chi connectivity index (χ1n) is 3.78. The van der Waals surface area contributed by atoms with Gasteiger partial charge in [0.25, 0.3) is 0 Å². The lowest BCUT2D eigenvalue weighted by Crippen LogP contribution is -2.26. The van der Waals surface area contributed by atoms with Gasteiger partial charge < -0.3 is 10.0 Å². The van der Waals surface area contributed by atoms with Gasteiger partial charge in [-0.15, -0.1) is 0 Å². The maximum absolute atomic E-state index is 10.5. The smallest absolute Gasteiger partial charge is 0.407 e. The summed E-state index contributed by atoms with van der Waals surface area (Å²) in [5.74, 6) is 0.223. The van der Waals surface area contributed by atoms with Crippen LogP contribution in [0.5, 0.6) is 0 Å². The van der Waals surface area contributed by atoms with Gasteiger partial charge in [-0.1, -0.05) is 6.08 Å². The van der Waals surface area contributed by atoms with Gasteiger partial charge in [-0.2, -0.15) is 5.26 Å². The third-order valence-electron chi connectivity index (χ3n) is 1.94. The minimum Gasteiger partial charge on any atom is -0.465 e. The van der Waals surface area contributed by atoms with Crippen molar-refractivity contribution in [1.82, 2.24) is 4.90 Å². The van der Waals surface area contributed by atoms with Crippen molar-refractivity contribution in [3.05, 3.63) is 12.2 Å². The van der Waals surface area contributed by atoms with Crippen LogP contribution in [0.1, 0.15) is 6.42 Å². The maximum Gasteiger partial charge on any atom is 0.407 e. The van der Waals surface area contributed by atoms with Crippen LogP contribution >= 0.6 is 0 Å². The third-order valence-corrected chi connectivity index (χ3v) is 1.94. The Morgan fingerprint density at radius 1 is 1.75 bits per heavy atom. The highest BCUT2D eigenvalue weighted by Crippen LogP contribution is 2.16. The molecule has 1 atom stereocenters. The molecule has 1 fully saturated rings. The molecule has 64 valence electrons. The first-order chi connectivity index (χ1) is 5.74. The van der Waals surface area contributed by atoms with Gasteiger partial charge in [0.15, 0.2) is 0 Å². The molecule has 1 aliphatic rings. The van der Waals surface area contributed by atoms with Crippen molar-refractivity contribution in [3.8, 4) is 6.07 Å². The summed E-state index contributed by atoms with van der Waals surface area (Å²) in [6.45, 7) is 1.10. The van der Waals surface area contributed by atoms with Gasteiger partial charge in [0.2, 0.25) is 0 Å². The molecule has 1 heterocycles. The van der Waals surface area contributed by atoms with Crippen LogP contribution in [0.2, 0.25) is 0 Å². The van der Waals surface area contributed by atoms with Gasteiger partial charge in [-0.25, -0.2) is 4.79 Å². The van der Waals surface area contributed by atoms with E-state index in [1.54, 1.807) is 6.08 Å². The number of nitrogens with zero attached hydrogens (tertiary/aromatic N) is 2. The zero-order valence-electron chi connectivity index (χ0n) is 6.60. The molecule has 0 aromatic heterocycles. The number of nitriles is 1. The maximum atomic E-state index is 10.5. The van der Waals surface area contributed by atoms with Crippen LogP contribution in [-0.4, -0.2) is 29.2 Å². The molecule has 1 unspecified atom stereocenters. The second-order valence-electron chi connectivity index (χ2n) is 2.77. The highest BCUT2D eigenvalue weighted by Gasteiger charge is 2.23. The van der Waals surface area contributed by atoms with Crippen LogP contribution in [-0.2, 0) is 0 Å². The first-order valence-corrected chi connectivity index (χ1v) is 3.78. The van der Waals surface area contributed by atoms with Crippen LogP contribution in [0, 0.1) is 17.2 Å². The van der Waals surface area contributed by atoms with E-state index in [4.69, 9.17) is 10.4 Å². The second kappa shape index (κ2) is 3.77. The number of amides is 1. The summed E-state index contributed by atoms with van der Waals surface area (Å²) < 4.78 is 0. The molecule has 4 nitrogen and oxygen atoms in total. The Labute approximate surface area is 70.7 Å². The van der Waals surface area contributed by atoms with Gasteiger partial charge in [0, 0.05) is 19.2 Å². The molecule has 12 heavy (non-hydrogen) atoms. The van der Waals surface area contributed by atoms with Crippen LogP contribution < -0.4 is 0 Å². The molecule has 0 aliphatic carbocycles. The number of likely N-dealkylation sites (tertiary alicyclic amines) is 1. The molecule has 0 bridgehead atoms. The topological polar surface area (TPSA) is 64.3 Å². The average Bonchev–Trinajstić information content (AvgIpc) is 2.48. The minimum absolute atomic E-state index is 0.223. The molecule has 1 saturated heterocycles. The molecule has 1 N–H and O–H groups in total. The summed E-state index contributed by atoms with van der Waals surface area (Å²) in [5.41, 5.74) is 0. The standard InChI is InChI=1S/C8H10N2O2/c9-4-1-2-7-3-5-10(6-7)8(11)12/h1-2,7H,3,5-6H2,(H,11,12). The summed E-state index contributed by atoms with van der Waals surface area (Å²) in [4.78, 5) is 11.8. The predicted octanol–water partition coefficient (Wildman–Crippen LogP) is 1.07. The normalized spacial score (nSPS) is 22.9. The van der Waals surface area contributed by atoms with Crippen molar-refractivity contribution in [2.24, 2.45) is 5.92 Å². The summed E-state index contributed by atoms with van der Waals surface area (Å²) in [5, 5.41) is 16.8. The molecule has 4 heteroatoms. The molecule has 1 amide bonds. The Morgan fingerprint density at radius 3 is 3.00 bits per heavy atom. The summed E-state index contributed by atoms with van der Waals surface area (Å²) >= 11 is 0. The van der Waals surface area contributed by atoms with E-state index in [1.807, 2.05) is 6.07 Å². The Bertz CT molecular complexity index is 242. The molecule has 0 spiro atoms. The summed E-state index contributed by atoms with van der Waals surface area (Å²) in [6, 6.07) is 1.89. The Morgan fingerprint density at radius 2 is 2.50 bits per heavy atom. The van der Waals surface area contributed by atoms with E-state index in [0.717, 1.165) is 6.42 Å². The predicted molar refractivity (Wildman–Crippen MR) is 42.5 cm³/mol. The third kappa shape index (κ3) is 1.99. The molecule has 1 aliphatic heterocycles. The van der Waals surface area contributed by atoms with E-state index in [2.05, 4.69) is 0 Å². The lowest BCUT2D eigenvalue weighted by atomic mass is 10.1. The number of carboxylic acid groups (broad SMARTS) is 1. The Hall–Kier alpha value is -1.50. The highest BCUT2D eigenvalue weighted by molar-refractivity contribution is 5.65. The number of allylic oxidation sites excluding steroid dienone is 1. The average molecular weight is 166 g/mol. The number of rotatable bonds is 1. The van der Waals surface area contributed by atoms with Crippen molar-refractivity contribution in [1.29, 1.82) is 5.26 Å². The van der Waals surface area contributed by atoms with E-state index in [1.165, 1.54) is 11.0 Å². The first kappa shape index (κ1) is 8.60. The fraction of sp³-hybridized carbons (Fsp3) is 0.500. The fourth-order valence-corrected chi connectivity index (χ4v) is 1.30. The lowest BCUT2D eigenvalue weighted by Gasteiger charge is -2.09. The van der Waals surface area contributed by atoms with Crippen LogP contribution in [0.4, 0.5) is 4.79 Å². The monoisotopic (exact) mass is 166 g/mol. The van der Waals surface area contributed by atoms with Crippen molar-refractivity contribution in [2.45, 2.75) is 6.42 Å². The minimum atomic E-state index is -0.872. The van der Waals surface area contributed by atoms with Gasteiger partial charge in [0.05, 0.1) is 6.07 Å². The zero-order valence-corrected chi connectivity index (χ0v) is 6.60. The van der Waals surface area contributed by atoms with Gasteiger partial charge in [-0.05, 0) is 12.3 Å². The van der Waals surface area contributed by atoms with E-state index in [9.17, 15) is 4.79 Å². The van der Waals surface area contributed by atoms with E-state index in [-0.39, 0.29) is 5.92 Å². The van der Waals surface area contributed by atoms with Gasteiger partial charge >= 0.3 is 6.09 Å². The molecular weight excluding hydrogens is 156 g/mol. The van der Waals surface area contributed by atoms with E-state index < -0.39 is 6.09 Å². The largest absolute Gasteiger partial charge is 0.465 e. The number of hydrogen-bond donors (Lipinski definition) is 1. The molecule has 0 aromatic carbocycles.